The molecule has 0 aliphatic carbocycles. The maximum Gasteiger partial charge on any atom is 0.253 e. The van der Waals surface area contributed by atoms with E-state index < -0.39 is 22.0 Å². The van der Waals surface area contributed by atoms with Crippen LogP contribution in [0, 0.1) is 12.8 Å². The van der Waals surface area contributed by atoms with E-state index in [2.05, 4.69) is 10.6 Å². The highest BCUT2D eigenvalue weighted by molar-refractivity contribution is 7.92. The van der Waals surface area contributed by atoms with Crippen molar-refractivity contribution in [2.45, 2.75) is 33.7 Å². The van der Waals surface area contributed by atoms with Crippen LogP contribution in [0.25, 0.3) is 0 Å². The van der Waals surface area contributed by atoms with E-state index in [-0.39, 0.29) is 11.8 Å². The van der Waals surface area contributed by atoms with Crippen molar-refractivity contribution >= 4 is 44.8 Å². The number of hydrogen-bond donors (Lipinski definition) is 2. The molecule has 168 valence electrons. The molecule has 2 N–H and O–H groups in total. The van der Waals surface area contributed by atoms with Crippen LogP contribution in [0.15, 0.2) is 42.5 Å². The lowest BCUT2D eigenvalue weighted by Crippen LogP contribution is -2.46. The number of amides is 2. The maximum atomic E-state index is 13.0. The van der Waals surface area contributed by atoms with Gasteiger partial charge in [0.1, 0.15) is 6.04 Å². The van der Waals surface area contributed by atoms with Crippen LogP contribution < -0.4 is 14.9 Å². The molecule has 0 aliphatic heterocycles. The van der Waals surface area contributed by atoms with Crippen LogP contribution in [-0.4, -0.2) is 39.1 Å². The molecule has 2 aromatic rings. The molecule has 2 amide bonds. The highest BCUT2D eigenvalue weighted by Crippen LogP contribution is 2.28. The normalized spacial score (nSPS) is 12.4. The summed E-state index contributed by atoms with van der Waals surface area (Å²) >= 11 is 6.07. The van der Waals surface area contributed by atoms with Crippen molar-refractivity contribution in [3.63, 3.8) is 0 Å². The van der Waals surface area contributed by atoms with E-state index in [1.807, 2.05) is 13.8 Å². The van der Waals surface area contributed by atoms with Crippen molar-refractivity contribution < 1.29 is 18.0 Å². The van der Waals surface area contributed by atoms with Gasteiger partial charge in [0.2, 0.25) is 15.9 Å². The summed E-state index contributed by atoms with van der Waals surface area (Å²) in [4.78, 5) is 25.6. The average molecular weight is 466 g/mol. The van der Waals surface area contributed by atoms with Crippen LogP contribution in [0.2, 0.25) is 5.02 Å². The first kappa shape index (κ1) is 24.7. The summed E-state index contributed by atoms with van der Waals surface area (Å²) in [5, 5.41) is 5.87. The number of benzene rings is 2. The van der Waals surface area contributed by atoms with Crippen molar-refractivity contribution in [3.8, 4) is 0 Å². The van der Waals surface area contributed by atoms with E-state index in [1.165, 1.54) is 13.0 Å². The molecule has 9 heteroatoms. The van der Waals surface area contributed by atoms with Gasteiger partial charge in [0, 0.05) is 11.6 Å². The first-order chi connectivity index (χ1) is 14.4. The number of carbonyl (C=O) groups is 2. The van der Waals surface area contributed by atoms with E-state index in [9.17, 15) is 18.0 Å². The number of rotatable bonds is 8. The molecule has 0 unspecified atom stereocenters. The molecule has 2 rings (SSSR count). The van der Waals surface area contributed by atoms with E-state index in [0.29, 0.717) is 34.1 Å². The Bertz CT molecular complexity index is 1070. The Hall–Kier alpha value is -2.58. The minimum Gasteiger partial charge on any atom is -0.352 e. The van der Waals surface area contributed by atoms with E-state index in [4.69, 9.17) is 11.6 Å². The monoisotopic (exact) mass is 465 g/mol. The number of sulfonamides is 1. The van der Waals surface area contributed by atoms with E-state index in [0.717, 1.165) is 10.6 Å². The summed E-state index contributed by atoms with van der Waals surface area (Å²) in [7, 11) is -3.80. The quantitative estimate of drug-likeness (QED) is 0.619. The molecule has 0 bridgehead atoms. The summed E-state index contributed by atoms with van der Waals surface area (Å²) in [5.41, 5.74) is 1.58. The second kappa shape index (κ2) is 10.2. The topological polar surface area (TPSA) is 95.6 Å². The van der Waals surface area contributed by atoms with Gasteiger partial charge in [-0.05, 0) is 49.6 Å². The molecular formula is C22H28ClN3O4S. The Kier molecular flexibility index (Phi) is 8.08. The summed E-state index contributed by atoms with van der Waals surface area (Å²) < 4.78 is 26.1. The molecule has 0 saturated carbocycles. The van der Waals surface area contributed by atoms with Crippen molar-refractivity contribution in [1.82, 2.24) is 5.32 Å². The van der Waals surface area contributed by atoms with Crippen LogP contribution in [0.5, 0.6) is 0 Å². The zero-order valence-corrected chi connectivity index (χ0v) is 19.8. The molecule has 7 nitrogen and oxygen atoms in total. The molecular weight excluding hydrogens is 438 g/mol. The van der Waals surface area contributed by atoms with Gasteiger partial charge >= 0.3 is 0 Å². The van der Waals surface area contributed by atoms with E-state index >= 15 is 0 Å². The molecule has 0 spiro atoms. The van der Waals surface area contributed by atoms with Crippen LogP contribution in [0.4, 0.5) is 11.4 Å². The fraction of sp³-hybridized carbons (Fsp3) is 0.364. The van der Waals surface area contributed by atoms with Gasteiger partial charge in [-0.3, -0.25) is 13.9 Å². The van der Waals surface area contributed by atoms with Crippen LogP contribution in [-0.2, 0) is 14.8 Å². The van der Waals surface area contributed by atoms with Gasteiger partial charge in [0.05, 0.1) is 23.2 Å². The third-order valence-electron chi connectivity index (χ3n) is 4.60. The maximum absolute atomic E-state index is 13.0. The molecule has 0 heterocycles. The minimum absolute atomic E-state index is 0.273. The number of nitrogens with zero attached hydrogens (tertiary/aromatic N) is 1. The zero-order valence-electron chi connectivity index (χ0n) is 18.3. The Balaban J connectivity index is 2.34. The molecule has 0 radical (unpaired) electrons. The minimum atomic E-state index is -3.80. The number of nitrogens with one attached hydrogen (secondary N) is 2. The molecule has 2 aromatic carbocycles. The number of carbonyl (C=O) groups excluding carboxylic acids is 2. The second-order valence-corrected chi connectivity index (χ2v) is 10.1. The molecule has 0 saturated heterocycles. The summed E-state index contributed by atoms with van der Waals surface area (Å²) in [6.07, 6.45) is 1.03. The summed E-state index contributed by atoms with van der Waals surface area (Å²) in [6.45, 7) is 7.68. The number of hydrogen-bond acceptors (Lipinski definition) is 4. The van der Waals surface area contributed by atoms with E-state index in [1.54, 1.807) is 43.3 Å². The van der Waals surface area contributed by atoms with Crippen LogP contribution >= 0.6 is 11.6 Å². The fourth-order valence-electron chi connectivity index (χ4n) is 3.02. The van der Waals surface area contributed by atoms with Gasteiger partial charge in [-0.2, -0.15) is 0 Å². The SMILES string of the molecule is Cc1ccc(Cl)cc1N([C@H](C)C(=O)Nc1ccccc1C(=O)NCC(C)C)S(C)(=O)=O. The predicted molar refractivity (Wildman–Crippen MR) is 125 cm³/mol. The first-order valence-corrected chi connectivity index (χ1v) is 12.1. The van der Waals surface area contributed by atoms with Gasteiger partial charge in [-0.15, -0.1) is 0 Å². The molecule has 0 aromatic heterocycles. The smallest absolute Gasteiger partial charge is 0.253 e. The third kappa shape index (κ3) is 6.45. The number of aryl methyl sites for hydroxylation is 1. The number of anilines is 2. The van der Waals surface area contributed by atoms with Gasteiger partial charge < -0.3 is 10.6 Å². The standard InChI is InChI=1S/C22H28ClN3O4S/c1-14(2)13-24-22(28)18-8-6-7-9-19(18)25-21(27)16(4)26(31(5,29)30)20-12-17(23)11-10-15(20)3/h6-12,14,16H,13H2,1-5H3,(H,24,28)(H,25,27)/t16-/m1/s1. The number of para-hydroxylation sites is 1. The lowest BCUT2D eigenvalue weighted by molar-refractivity contribution is -0.116. The van der Waals surface area contributed by atoms with Gasteiger partial charge in [0.25, 0.3) is 5.91 Å². The Morgan fingerprint density at radius 2 is 1.74 bits per heavy atom. The zero-order chi connectivity index (χ0) is 23.3. The highest BCUT2D eigenvalue weighted by atomic mass is 35.5. The van der Waals surface area contributed by atoms with Gasteiger partial charge in [0.15, 0.2) is 0 Å². The summed E-state index contributed by atoms with van der Waals surface area (Å²) in [5.74, 6) is -0.619. The van der Waals surface area contributed by atoms with Crippen LogP contribution in [0.1, 0.15) is 36.7 Å². The first-order valence-electron chi connectivity index (χ1n) is 9.85. The Labute approximate surface area is 188 Å². The van der Waals surface area contributed by atoms with Crippen LogP contribution in [0.3, 0.4) is 0 Å². The van der Waals surface area contributed by atoms with Gasteiger partial charge in [-0.25, -0.2) is 8.42 Å². The van der Waals surface area contributed by atoms with Crippen molar-refractivity contribution in [1.29, 1.82) is 0 Å². The highest BCUT2D eigenvalue weighted by Gasteiger charge is 2.31. The third-order valence-corrected chi connectivity index (χ3v) is 6.06. The lowest BCUT2D eigenvalue weighted by atomic mass is 10.1. The fourth-order valence-corrected chi connectivity index (χ4v) is 4.41. The predicted octanol–water partition coefficient (Wildman–Crippen LogP) is 3.83. The van der Waals surface area contributed by atoms with Crippen molar-refractivity contribution in [2.24, 2.45) is 5.92 Å². The number of halogens is 1. The Morgan fingerprint density at radius 3 is 2.35 bits per heavy atom. The second-order valence-electron chi connectivity index (χ2n) is 7.80. The van der Waals surface area contributed by atoms with Crippen molar-refractivity contribution in [3.05, 3.63) is 58.6 Å². The Morgan fingerprint density at radius 1 is 1.10 bits per heavy atom. The molecule has 0 fully saturated rings. The van der Waals surface area contributed by atoms with Crippen molar-refractivity contribution in [2.75, 3.05) is 22.4 Å². The average Bonchev–Trinajstić information content (AvgIpc) is 2.68. The van der Waals surface area contributed by atoms with Gasteiger partial charge in [-0.1, -0.05) is 43.6 Å². The molecule has 0 aliphatic rings. The lowest BCUT2D eigenvalue weighted by Gasteiger charge is -2.29. The molecule has 31 heavy (non-hydrogen) atoms. The summed E-state index contributed by atoms with van der Waals surface area (Å²) in [6, 6.07) is 10.4. The largest absolute Gasteiger partial charge is 0.352 e. The molecule has 1 atom stereocenters.